The molecule has 26 heavy (non-hydrogen) atoms. The fraction of sp³-hybridized carbons (Fsp3) is 0.333. The maximum absolute atomic E-state index is 11.6. The van der Waals surface area contributed by atoms with Crippen LogP contribution in [0.5, 0.6) is 0 Å². The molecule has 1 aliphatic rings. The lowest BCUT2D eigenvalue weighted by molar-refractivity contribution is 0.0600. The zero-order valence-corrected chi connectivity index (χ0v) is 15.7. The number of likely N-dealkylation sites (tertiary alicyclic amines) is 1. The monoisotopic (exact) mass is 366 g/mol. The molecule has 5 heteroatoms. The summed E-state index contributed by atoms with van der Waals surface area (Å²) < 4.78 is 6.03. The van der Waals surface area contributed by atoms with Gasteiger partial charge in [-0.3, -0.25) is 4.90 Å². The van der Waals surface area contributed by atoms with Crippen molar-refractivity contribution in [3.8, 4) is 0 Å². The van der Waals surface area contributed by atoms with Crippen molar-refractivity contribution in [1.29, 1.82) is 0 Å². The summed E-state index contributed by atoms with van der Waals surface area (Å²) in [5.41, 5.74) is 2.91. The van der Waals surface area contributed by atoms with Gasteiger partial charge in [-0.2, -0.15) is 0 Å². The number of carbonyl (C=O) groups is 1. The van der Waals surface area contributed by atoms with E-state index in [2.05, 4.69) is 23.1 Å². The summed E-state index contributed by atoms with van der Waals surface area (Å²) in [6.07, 6.45) is 3.63. The molecule has 0 saturated carbocycles. The van der Waals surface area contributed by atoms with Gasteiger partial charge in [0.1, 0.15) is 5.01 Å². The van der Waals surface area contributed by atoms with Crippen molar-refractivity contribution in [2.45, 2.75) is 31.8 Å². The Labute approximate surface area is 157 Å². The number of hydrogen-bond acceptors (Lipinski definition) is 5. The maximum atomic E-state index is 11.6. The van der Waals surface area contributed by atoms with Crippen molar-refractivity contribution >= 4 is 27.5 Å². The quantitative estimate of drug-likeness (QED) is 0.622. The third-order valence-corrected chi connectivity index (χ3v) is 6.11. The molecule has 1 atom stereocenters. The van der Waals surface area contributed by atoms with Crippen LogP contribution in [0.1, 0.15) is 46.2 Å². The third kappa shape index (κ3) is 3.50. The molecule has 1 fully saturated rings. The zero-order valence-electron chi connectivity index (χ0n) is 14.9. The fourth-order valence-electron chi connectivity index (χ4n) is 3.59. The van der Waals surface area contributed by atoms with Crippen LogP contribution in [0.2, 0.25) is 0 Å². The standard InChI is InChI=1S/C21H22N2O2S/c1-25-21(24)16-11-9-15(10-12-16)14-23-13-5-4-7-18(23)20-22-17-6-2-3-8-19(17)26-20/h2-3,6,8-12,18H,4-5,7,13-14H2,1H3/t18-/m1/s1. The van der Waals surface area contributed by atoms with Crippen LogP contribution in [0.4, 0.5) is 0 Å². The van der Waals surface area contributed by atoms with E-state index in [-0.39, 0.29) is 5.97 Å². The number of ether oxygens (including phenoxy) is 1. The summed E-state index contributed by atoms with van der Waals surface area (Å²) in [5.74, 6) is -0.290. The zero-order chi connectivity index (χ0) is 17.9. The molecule has 4 nitrogen and oxygen atoms in total. The largest absolute Gasteiger partial charge is 0.465 e. The SMILES string of the molecule is COC(=O)c1ccc(CN2CCCC[C@@H]2c2nc3ccccc3s2)cc1. The molecule has 2 heterocycles. The lowest BCUT2D eigenvalue weighted by Crippen LogP contribution is -2.32. The van der Waals surface area contributed by atoms with Gasteiger partial charge in [0, 0.05) is 6.54 Å². The van der Waals surface area contributed by atoms with Crippen LogP contribution < -0.4 is 0 Å². The number of thiazole rings is 1. The first-order valence-electron chi connectivity index (χ1n) is 9.01. The molecule has 1 aromatic heterocycles. The number of fused-ring (bicyclic) bond motifs is 1. The Morgan fingerprint density at radius 3 is 2.77 bits per heavy atom. The lowest BCUT2D eigenvalue weighted by Gasteiger charge is -2.34. The number of para-hydroxylation sites is 1. The smallest absolute Gasteiger partial charge is 0.337 e. The number of benzene rings is 2. The van der Waals surface area contributed by atoms with E-state index in [9.17, 15) is 4.79 Å². The number of piperidine rings is 1. The highest BCUT2D eigenvalue weighted by Crippen LogP contribution is 2.36. The fourth-order valence-corrected chi connectivity index (χ4v) is 4.73. The van der Waals surface area contributed by atoms with Gasteiger partial charge in [-0.25, -0.2) is 9.78 Å². The van der Waals surface area contributed by atoms with Crippen molar-refractivity contribution < 1.29 is 9.53 Å². The summed E-state index contributed by atoms with van der Waals surface area (Å²) in [6, 6.07) is 16.5. The van der Waals surface area contributed by atoms with Gasteiger partial charge in [-0.15, -0.1) is 11.3 Å². The summed E-state index contributed by atoms with van der Waals surface area (Å²) >= 11 is 1.81. The van der Waals surface area contributed by atoms with Crippen molar-refractivity contribution in [3.05, 3.63) is 64.7 Å². The number of esters is 1. The van der Waals surface area contributed by atoms with E-state index in [0.717, 1.165) is 25.0 Å². The van der Waals surface area contributed by atoms with Gasteiger partial charge < -0.3 is 4.74 Å². The minimum atomic E-state index is -0.290. The molecule has 4 rings (SSSR count). The van der Waals surface area contributed by atoms with Crippen LogP contribution in [0.25, 0.3) is 10.2 Å². The first kappa shape index (κ1) is 17.2. The van der Waals surface area contributed by atoms with Crippen molar-refractivity contribution in [2.75, 3.05) is 13.7 Å². The topological polar surface area (TPSA) is 42.4 Å². The second-order valence-corrected chi connectivity index (χ2v) is 7.75. The van der Waals surface area contributed by atoms with E-state index >= 15 is 0 Å². The minimum Gasteiger partial charge on any atom is -0.465 e. The average molecular weight is 366 g/mol. The Morgan fingerprint density at radius 1 is 1.19 bits per heavy atom. The van der Waals surface area contributed by atoms with Crippen LogP contribution >= 0.6 is 11.3 Å². The first-order valence-corrected chi connectivity index (χ1v) is 9.83. The number of aromatic nitrogens is 1. The van der Waals surface area contributed by atoms with Gasteiger partial charge in [0.25, 0.3) is 0 Å². The highest BCUT2D eigenvalue weighted by Gasteiger charge is 2.26. The number of rotatable bonds is 4. The molecule has 2 aromatic carbocycles. The summed E-state index contributed by atoms with van der Waals surface area (Å²) in [7, 11) is 1.41. The van der Waals surface area contributed by atoms with Crippen molar-refractivity contribution in [2.24, 2.45) is 0 Å². The molecule has 0 unspecified atom stereocenters. The Morgan fingerprint density at radius 2 is 2.00 bits per heavy atom. The Balaban J connectivity index is 1.54. The molecular weight excluding hydrogens is 344 g/mol. The molecule has 134 valence electrons. The van der Waals surface area contributed by atoms with Gasteiger partial charge in [0.15, 0.2) is 0 Å². The van der Waals surface area contributed by atoms with E-state index in [0.29, 0.717) is 11.6 Å². The lowest BCUT2D eigenvalue weighted by atomic mass is 10.0. The molecule has 0 radical (unpaired) electrons. The van der Waals surface area contributed by atoms with E-state index in [1.165, 1.54) is 35.2 Å². The predicted octanol–water partition coefficient (Wildman–Crippen LogP) is 4.81. The normalized spacial score (nSPS) is 18.1. The highest BCUT2D eigenvalue weighted by atomic mass is 32.1. The van der Waals surface area contributed by atoms with Crippen LogP contribution in [-0.2, 0) is 11.3 Å². The third-order valence-electron chi connectivity index (χ3n) is 4.97. The number of hydrogen-bond donors (Lipinski definition) is 0. The van der Waals surface area contributed by atoms with Gasteiger partial charge in [0.2, 0.25) is 0 Å². The highest BCUT2D eigenvalue weighted by molar-refractivity contribution is 7.18. The Kier molecular flexibility index (Phi) is 5.00. The number of nitrogens with zero attached hydrogens (tertiary/aromatic N) is 2. The molecule has 1 saturated heterocycles. The molecule has 3 aromatic rings. The molecule has 1 aliphatic heterocycles. The van der Waals surface area contributed by atoms with Gasteiger partial charge in [-0.05, 0) is 49.2 Å². The number of methoxy groups -OCH3 is 1. The van der Waals surface area contributed by atoms with Gasteiger partial charge in [-0.1, -0.05) is 30.7 Å². The van der Waals surface area contributed by atoms with E-state index in [4.69, 9.17) is 9.72 Å². The van der Waals surface area contributed by atoms with Crippen LogP contribution in [0.3, 0.4) is 0 Å². The Hall–Kier alpha value is -2.24. The average Bonchev–Trinajstić information content (AvgIpc) is 3.12. The van der Waals surface area contributed by atoms with Crippen molar-refractivity contribution in [1.82, 2.24) is 9.88 Å². The second-order valence-electron chi connectivity index (χ2n) is 6.69. The molecule has 0 N–H and O–H groups in total. The minimum absolute atomic E-state index is 0.290. The van der Waals surface area contributed by atoms with Gasteiger partial charge >= 0.3 is 5.97 Å². The second kappa shape index (κ2) is 7.56. The van der Waals surface area contributed by atoms with Crippen LogP contribution in [0, 0.1) is 0 Å². The predicted molar refractivity (Wildman–Crippen MR) is 104 cm³/mol. The molecular formula is C21H22N2O2S. The first-order chi connectivity index (χ1) is 12.7. The van der Waals surface area contributed by atoms with E-state index in [1.807, 2.05) is 41.7 Å². The summed E-state index contributed by atoms with van der Waals surface area (Å²) in [6.45, 7) is 1.96. The molecule has 0 bridgehead atoms. The van der Waals surface area contributed by atoms with E-state index < -0.39 is 0 Å². The van der Waals surface area contributed by atoms with E-state index in [1.54, 1.807) is 0 Å². The van der Waals surface area contributed by atoms with Crippen molar-refractivity contribution in [3.63, 3.8) is 0 Å². The molecule has 0 aliphatic carbocycles. The number of carbonyl (C=O) groups excluding carboxylic acids is 1. The summed E-state index contributed by atoms with van der Waals surface area (Å²) in [5, 5.41) is 1.22. The van der Waals surface area contributed by atoms with Crippen LogP contribution in [0.15, 0.2) is 48.5 Å². The van der Waals surface area contributed by atoms with Gasteiger partial charge in [0.05, 0.1) is 28.9 Å². The summed E-state index contributed by atoms with van der Waals surface area (Å²) in [4.78, 5) is 19.0. The van der Waals surface area contributed by atoms with Crippen LogP contribution in [-0.4, -0.2) is 29.5 Å². The molecule has 0 amide bonds. The Bertz CT molecular complexity index is 871. The maximum Gasteiger partial charge on any atom is 0.337 e. The molecule has 0 spiro atoms.